The number of aldehydes is 1. The predicted molar refractivity (Wildman–Crippen MR) is 113 cm³/mol. The van der Waals surface area contributed by atoms with E-state index in [1.807, 2.05) is 0 Å². The Kier molecular flexibility index (Phi) is 4.51. The fraction of sp³-hybridized carbons (Fsp3) is 0.696. The Labute approximate surface area is 170 Å². The van der Waals surface area contributed by atoms with Crippen LogP contribution in [0.15, 0.2) is 12.1 Å². The Bertz CT molecular complexity index is 797. The standard InChI is InChI=1S/C23H34O4Si/c1-22(2,3)28(6,7)27-20-11-14-10-18(25-4)19(26-5)12-17(14)23(20)9-8-15-16(13-24)21(15)23/h10,12-13,15-16,20-21H,8-9,11H2,1-7H3/t15-,16-,20+,21-,23+/m0/s1. The van der Waals surface area contributed by atoms with E-state index in [0.29, 0.717) is 11.8 Å². The van der Waals surface area contributed by atoms with Crippen LogP contribution < -0.4 is 9.47 Å². The first-order valence-electron chi connectivity index (χ1n) is 10.5. The Morgan fingerprint density at radius 1 is 1.14 bits per heavy atom. The monoisotopic (exact) mass is 402 g/mol. The fourth-order valence-corrected chi connectivity index (χ4v) is 7.06. The van der Waals surface area contributed by atoms with Crippen molar-refractivity contribution in [3.05, 3.63) is 23.3 Å². The molecule has 154 valence electrons. The van der Waals surface area contributed by atoms with Crippen LogP contribution in [0.1, 0.15) is 44.7 Å². The summed E-state index contributed by atoms with van der Waals surface area (Å²) in [4.78, 5) is 11.7. The highest BCUT2D eigenvalue weighted by Gasteiger charge is 2.70. The maximum atomic E-state index is 11.7. The van der Waals surface area contributed by atoms with Gasteiger partial charge < -0.3 is 18.7 Å². The van der Waals surface area contributed by atoms with Crippen LogP contribution in [0.2, 0.25) is 18.1 Å². The molecule has 3 aliphatic carbocycles. The number of hydrogen-bond donors (Lipinski definition) is 0. The van der Waals surface area contributed by atoms with Crippen molar-refractivity contribution in [3.63, 3.8) is 0 Å². The smallest absolute Gasteiger partial charge is 0.192 e. The van der Waals surface area contributed by atoms with Crippen LogP contribution in [0.4, 0.5) is 0 Å². The van der Waals surface area contributed by atoms with Crippen LogP contribution in [0.5, 0.6) is 11.5 Å². The van der Waals surface area contributed by atoms with E-state index in [2.05, 4.69) is 46.0 Å². The maximum absolute atomic E-state index is 11.7. The number of carbonyl (C=O) groups excluding carboxylic acids is 1. The van der Waals surface area contributed by atoms with Crippen molar-refractivity contribution < 1.29 is 18.7 Å². The van der Waals surface area contributed by atoms with Crippen LogP contribution in [0.3, 0.4) is 0 Å². The summed E-state index contributed by atoms with van der Waals surface area (Å²) in [5.41, 5.74) is 2.59. The molecule has 0 aromatic heterocycles. The first kappa shape index (κ1) is 20.0. The van der Waals surface area contributed by atoms with Crippen LogP contribution in [-0.2, 0) is 21.1 Å². The molecule has 1 aromatic carbocycles. The van der Waals surface area contributed by atoms with Gasteiger partial charge in [0.2, 0.25) is 0 Å². The zero-order chi connectivity index (χ0) is 20.5. The molecule has 28 heavy (non-hydrogen) atoms. The van der Waals surface area contributed by atoms with Gasteiger partial charge in [-0.25, -0.2) is 0 Å². The van der Waals surface area contributed by atoms with Gasteiger partial charge in [-0.1, -0.05) is 20.8 Å². The Balaban J connectivity index is 1.81. The highest BCUT2D eigenvalue weighted by molar-refractivity contribution is 6.74. The van der Waals surface area contributed by atoms with Crippen molar-refractivity contribution in [3.8, 4) is 11.5 Å². The minimum Gasteiger partial charge on any atom is -0.493 e. The molecular formula is C23H34O4Si. The van der Waals surface area contributed by atoms with Gasteiger partial charge in [-0.05, 0) is 72.5 Å². The third-order valence-corrected chi connectivity index (χ3v) is 12.7. The van der Waals surface area contributed by atoms with E-state index in [1.165, 1.54) is 17.4 Å². The Morgan fingerprint density at radius 2 is 1.79 bits per heavy atom. The molecule has 0 saturated heterocycles. The minimum atomic E-state index is -1.94. The maximum Gasteiger partial charge on any atom is 0.192 e. The molecule has 4 rings (SSSR count). The topological polar surface area (TPSA) is 44.8 Å². The van der Waals surface area contributed by atoms with Crippen molar-refractivity contribution in [1.29, 1.82) is 0 Å². The molecule has 0 radical (unpaired) electrons. The number of carbonyl (C=O) groups is 1. The Hall–Kier alpha value is -1.33. The van der Waals surface area contributed by atoms with E-state index >= 15 is 0 Å². The lowest BCUT2D eigenvalue weighted by Crippen LogP contribution is -2.50. The average Bonchev–Trinajstić information content (AvgIpc) is 3.10. The van der Waals surface area contributed by atoms with E-state index < -0.39 is 8.32 Å². The Morgan fingerprint density at radius 3 is 2.32 bits per heavy atom. The number of hydrogen-bond acceptors (Lipinski definition) is 4. The molecule has 0 heterocycles. The largest absolute Gasteiger partial charge is 0.493 e. The molecule has 0 bridgehead atoms. The molecule has 5 atom stereocenters. The second kappa shape index (κ2) is 6.33. The fourth-order valence-electron chi connectivity index (χ4n) is 5.70. The summed E-state index contributed by atoms with van der Waals surface area (Å²) in [5.74, 6) is 2.70. The zero-order valence-electron chi connectivity index (χ0n) is 18.3. The van der Waals surface area contributed by atoms with E-state index in [4.69, 9.17) is 13.9 Å². The van der Waals surface area contributed by atoms with Crippen LogP contribution in [0, 0.1) is 17.8 Å². The summed E-state index contributed by atoms with van der Waals surface area (Å²) in [7, 11) is 1.44. The average molecular weight is 403 g/mol. The summed E-state index contributed by atoms with van der Waals surface area (Å²) in [6.07, 6.45) is 4.46. The van der Waals surface area contributed by atoms with E-state index in [9.17, 15) is 4.79 Å². The van der Waals surface area contributed by atoms with Gasteiger partial charge in [-0.3, -0.25) is 0 Å². The molecule has 0 amide bonds. The number of methoxy groups -OCH3 is 2. The van der Waals surface area contributed by atoms with Gasteiger partial charge in [0.05, 0.1) is 20.3 Å². The molecule has 1 spiro atoms. The number of fused-ring (bicyclic) bond motifs is 4. The SMILES string of the molecule is COc1cc2c(cc1OC)[C@]1(CC[C@H]3[C@H](C=O)[C@H]31)[C@H](O[Si](C)(C)C(C)(C)C)C2. The summed E-state index contributed by atoms with van der Waals surface area (Å²) in [5, 5.41) is 0.157. The number of benzene rings is 1. The summed E-state index contributed by atoms with van der Waals surface area (Å²) >= 11 is 0. The number of ether oxygens (including phenoxy) is 2. The molecule has 1 aromatic rings. The van der Waals surface area contributed by atoms with Gasteiger partial charge in [0.1, 0.15) is 6.29 Å². The van der Waals surface area contributed by atoms with Crippen molar-refractivity contribution in [2.45, 2.75) is 69.7 Å². The van der Waals surface area contributed by atoms with Crippen molar-refractivity contribution in [2.75, 3.05) is 14.2 Å². The molecular weight excluding hydrogens is 368 g/mol. The normalized spacial score (nSPS) is 33.5. The zero-order valence-corrected chi connectivity index (χ0v) is 19.3. The lowest BCUT2D eigenvalue weighted by atomic mass is 9.74. The third-order valence-electron chi connectivity index (χ3n) is 8.21. The molecule has 0 unspecified atom stereocenters. The highest BCUT2D eigenvalue weighted by atomic mass is 28.4. The number of rotatable bonds is 5. The molecule has 5 heteroatoms. The van der Waals surface area contributed by atoms with Gasteiger partial charge in [0.25, 0.3) is 0 Å². The lowest BCUT2D eigenvalue weighted by molar-refractivity contribution is -0.109. The van der Waals surface area contributed by atoms with Gasteiger partial charge in [-0.2, -0.15) is 0 Å². The highest BCUT2D eigenvalue weighted by Crippen LogP contribution is 2.70. The molecule has 4 nitrogen and oxygen atoms in total. The van der Waals surface area contributed by atoms with E-state index in [-0.39, 0.29) is 22.5 Å². The molecule has 2 fully saturated rings. The van der Waals surface area contributed by atoms with E-state index in [0.717, 1.165) is 30.8 Å². The van der Waals surface area contributed by atoms with Gasteiger partial charge in [0, 0.05) is 11.3 Å². The van der Waals surface area contributed by atoms with Gasteiger partial charge >= 0.3 is 0 Å². The quantitative estimate of drug-likeness (QED) is 0.527. The second-order valence-corrected chi connectivity index (χ2v) is 15.2. The first-order valence-corrected chi connectivity index (χ1v) is 13.4. The molecule has 3 aliphatic rings. The third kappa shape index (κ3) is 2.62. The van der Waals surface area contributed by atoms with E-state index in [1.54, 1.807) is 14.2 Å². The summed E-state index contributed by atoms with van der Waals surface area (Å²) in [6.45, 7) is 11.6. The van der Waals surface area contributed by atoms with Crippen LogP contribution >= 0.6 is 0 Å². The first-order chi connectivity index (χ1) is 13.1. The summed E-state index contributed by atoms with van der Waals surface area (Å²) in [6, 6.07) is 4.31. The van der Waals surface area contributed by atoms with Crippen molar-refractivity contribution >= 4 is 14.6 Å². The van der Waals surface area contributed by atoms with Gasteiger partial charge in [0.15, 0.2) is 19.8 Å². The van der Waals surface area contributed by atoms with Crippen molar-refractivity contribution in [2.24, 2.45) is 17.8 Å². The minimum absolute atomic E-state index is 0.0549. The predicted octanol–water partition coefficient (Wildman–Crippen LogP) is 4.74. The van der Waals surface area contributed by atoms with Crippen LogP contribution in [-0.4, -0.2) is 34.9 Å². The summed E-state index contributed by atoms with van der Waals surface area (Å²) < 4.78 is 18.3. The molecule has 0 N–H and O–H groups in total. The van der Waals surface area contributed by atoms with Crippen LogP contribution in [0.25, 0.3) is 0 Å². The second-order valence-electron chi connectivity index (χ2n) is 10.4. The van der Waals surface area contributed by atoms with Gasteiger partial charge in [-0.15, -0.1) is 0 Å². The lowest BCUT2D eigenvalue weighted by Gasteiger charge is -2.44. The molecule has 2 saturated carbocycles. The molecule has 0 aliphatic heterocycles. The van der Waals surface area contributed by atoms with Crippen molar-refractivity contribution in [1.82, 2.24) is 0 Å².